The molecule has 1 aromatic rings. The zero-order chi connectivity index (χ0) is 13.9. The highest BCUT2D eigenvalue weighted by Crippen LogP contribution is 2.37. The van der Waals surface area contributed by atoms with Crippen molar-refractivity contribution in [3.63, 3.8) is 0 Å². The van der Waals surface area contributed by atoms with E-state index in [-0.39, 0.29) is 6.04 Å². The second-order valence-electron chi connectivity index (χ2n) is 5.02. The Bertz CT molecular complexity index is 411. The van der Waals surface area contributed by atoms with Gasteiger partial charge in [-0.05, 0) is 50.5 Å². The van der Waals surface area contributed by atoms with Crippen LogP contribution in [0.15, 0.2) is 12.1 Å². The monoisotopic (exact) mass is 255 g/mol. The van der Waals surface area contributed by atoms with Gasteiger partial charge in [-0.1, -0.05) is 0 Å². The van der Waals surface area contributed by atoms with Crippen LogP contribution in [0.4, 0.5) is 4.39 Å². The van der Waals surface area contributed by atoms with Crippen molar-refractivity contribution < 1.29 is 13.9 Å². The highest BCUT2D eigenvalue weighted by molar-refractivity contribution is 5.49. The number of hydrogen-bond acceptors (Lipinski definition) is 3. The van der Waals surface area contributed by atoms with Crippen molar-refractivity contribution in [2.24, 2.45) is 5.73 Å². The summed E-state index contributed by atoms with van der Waals surface area (Å²) in [5.41, 5.74) is 5.81. The summed E-state index contributed by atoms with van der Waals surface area (Å²) in [5.74, 6) is 1.13. The Kier molecular flexibility index (Phi) is 4.57. The SMILES string of the molecule is COc1cc(CC(C)N)c(C(C)(C)F)cc1OC. The fourth-order valence-corrected chi connectivity index (χ4v) is 1.99. The van der Waals surface area contributed by atoms with Gasteiger partial charge in [0, 0.05) is 6.04 Å². The Morgan fingerprint density at radius 2 is 1.72 bits per heavy atom. The van der Waals surface area contributed by atoms with E-state index in [4.69, 9.17) is 15.2 Å². The number of rotatable bonds is 5. The van der Waals surface area contributed by atoms with Crippen LogP contribution in [0.2, 0.25) is 0 Å². The van der Waals surface area contributed by atoms with Gasteiger partial charge in [-0.15, -0.1) is 0 Å². The molecule has 0 heterocycles. The van der Waals surface area contributed by atoms with Crippen LogP contribution in [0, 0.1) is 0 Å². The largest absolute Gasteiger partial charge is 0.493 e. The third kappa shape index (κ3) is 3.35. The number of methoxy groups -OCH3 is 2. The van der Waals surface area contributed by atoms with E-state index in [1.54, 1.807) is 19.2 Å². The summed E-state index contributed by atoms with van der Waals surface area (Å²) in [6.07, 6.45) is 0.600. The molecule has 0 radical (unpaired) electrons. The predicted molar refractivity (Wildman–Crippen MR) is 71.0 cm³/mol. The molecule has 1 rings (SSSR count). The number of benzene rings is 1. The van der Waals surface area contributed by atoms with Gasteiger partial charge in [-0.3, -0.25) is 0 Å². The highest BCUT2D eigenvalue weighted by Gasteiger charge is 2.25. The van der Waals surface area contributed by atoms with Crippen molar-refractivity contribution in [2.75, 3.05) is 14.2 Å². The van der Waals surface area contributed by atoms with E-state index in [0.29, 0.717) is 23.5 Å². The second kappa shape index (κ2) is 5.57. The first kappa shape index (κ1) is 14.8. The highest BCUT2D eigenvalue weighted by atomic mass is 19.1. The lowest BCUT2D eigenvalue weighted by Crippen LogP contribution is -2.21. The summed E-state index contributed by atoms with van der Waals surface area (Å²) in [6.45, 7) is 4.95. The smallest absolute Gasteiger partial charge is 0.161 e. The maximum atomic E-state index is 14.2. The van der Waals surface area contributed by atoms with Crippen LogP contribution in [0.5, 0.6) is 11.5 Å². The van der Waals surface area contributed by atoms with E-state index in [2.05, 4.69) is 0 Å². The first-order chi connectivity index (χ1) is 8.29. The van der Waals surface area contributed by atoms with Crippen LogP contribution in [0.25, 0.3) is 0 Å². The summed E-state index contributed by atoms with van der Waals surface area (Å²) >= 11 is 0. The average molecular weight is 255 g/mol. The molecule has 0 aliphatic rings. The fourth-order valence-electron chi connectivity index (χ4n) is 1.99. The molecule has 0 spiro atoms. The van der Waals surface area contributed by atoms with Crippen LogP contribution in [0.1, 0.15) is 31.9 Å². The van der Waals surface area contributed by atoms with Gasteiger partial charge in [0.1, 0.15) is 5.67 Å². The van der Waals surface area contributed by atoms with E-state index < -0.39 is 5.67 Å². The number of ether oxygens (including phenoxy) is 2. The minimum atomic E-state index is -1.44. The number of halogens is 1. The topological polar surface area (TPSA) is 44.5 Å². The molecule has 0 aromatic heterocycles. The van der Waals surface area contributed by atoms with Crippen molar-refractivity contribution >= 4 is 0 Å². The molecule has 1 atom stereocenters. The Labute approximate surface area is 108 Å². The lowest BCUT2D eigenvalue weighted by Gasteiger charge is -2.22. The summed E-state index contributed by atoms with van der Waals surface area (Å²) < 4.78 is 24.7. The lowest BCUT2D eigenvalue weighted by atomic mass is 9.91. The van der Waals surface area contributed by atoms with Gasteiger partial charge in [0.25, 0.3) is 0 Å². The van der Waals surface area contributed by atoms with E-state index in [1.165, 1.54) is 21.0 Å². The van der Waals surface area contributed by atoms with Crippen LogP contribution in [0.3, 0.4) is 0 Å². The summed E-state index contributed by atoms with van der Waals surface area (Å²) in [4.78, 5) is 0. The Balaban J connectivity index is 3.36. The van der Waals surface area contributed by atoms with Gasteiger partial charge < -0.3 is 15.2 Å². The molecular formula is C14H22FNO2. The molecule has 102 valence electrons. The van der Waals surface area contributed by atoms with Gasteiger partial charge >= 0.3 is 0 Å². The normalized spacial score (nSPS) is 13.3. The van der Waals surface area contributed by atoms with Gasteiger partial charge in [-0.25, -0.2) is 4.39 Å². The lowest BCUT2D eigenvalue weighted by molar-refractivity contribution is 0.218. The standard InChI is InChI=1S/C14H22FNO2/c1-9(16)6-10-7-12(17-4)13(18-5)8-11(10)14(2,3)15/h7-9H,6,16H2,1-5H3. The van der Waals surface area contributed by atoms with Gasteiger partial charge in [0.15, 0.2) is 11.5 Å². The molecule has 1 aromatic carbocycles. The molecule has 1 unspecified atom stereocenters. The van der Waals surface area contributed by atoms with Crippen molar-refractivity contribution in [3.8, 4) is 11.5 Å². The average Bonchev–Trinajstić information content (AvgIpc) is 2.26. The van der Waals surface area contributed by atoms with E-state index in [0.717, 1.165) is 5.56 Å². The molecule has 18 heavy (non-hydrogen) atoms. The number of alkyl halides is 1. The molecule has 0 fully saturated rings. The molecule has 3 nitrogen and oxygen atoms in total. The minimum Gasteiger partial charge on any atom is -0.493 e. The van der Waals surface area contributed by atoms with Crippen LogP contribution in [-0.4, -0.2) is 20.3 Å². The Hall–Kier alpha value is -1.29. The molecule has 0 amide bonds. The summed E-state index contributed by atoms with van der Waals surface area (Å²) in [5, 5.41) is 0. The maximum absolute atomic E-state index is 14.2. The molecule has 0 aliphatic heterocycles. The third-order valence-electron chi connectivity index (χ3n) is 2.79. The van der Waals surface area contributed by atoms with Crippen molar-refractivity contribution in [3.05, 3.63) is 23.3 Å². The van der Waals surface area contributed by atoms with Crippen molar-refractivity contribution in [1.29, 1.82) is 0 Å². The van der Waals surface area contributed by atoms with Crippen molar-refractivity contribution in [1.82, 2.24) is 0 Å². The zero-order valence-electron chi connectivity index (χ0n) is 11.7. The van der Waals surface area contributed by atoms with Crippen LogP contribution in [-0.2, 0) is 12.1 Å². The number of hydrogen-bond donors (Lipinski definition) is 1. The van der Waals surface area contributed by atoms with Gasteiger partial charge in [-0.2, -0.15) is 0 Å². The molecule has 0 bridgehead atoms. The molecule has 0 saturated carbocycles. The summed E-state index contributed by atoms with van der Waals surface area (Å²) in [6, 6.07) is 3.46. The third-order valence-corrected chi connectivity index (χ3v) is 2.79. The van der Waals surface area contributed by atoms with Crippen molar-refractivity contribution in [2.45, 2.75) is 38.9 Å². The Morgan fingerprint density at radius 1 is 1.22 bits per heavy atom. The zero-order valence-corrected chi connectivity index (χ0v) is 11.7. The van der Waals surface area contributed by atoms with Gasteiger partial charge in [0.2, 0.25) is 0 Å². The second-order valence-corrected chi connectivity index (χ2v) is 5.02. The maximum Gasteiger partial charge on any atom is 0.161 e. The molecule has 0 saturated heterocycles. The predicted octanol–water partition coefficient (Wildman–Crippen LogP) is 2.80. The van der Waals surface area contributed by atoms with E-state index >= 15 is 0 Å². The molecule has 4 heteroatoms. The molecule has 0 aliphatic carbocycles. The minimum absolute atomic E-state index is 0.0378. The van der Waals surface area contributed by atoms with Crippen LogP contribution >= 0.6 is 0 Å². The molecular weight excluding hydrogens is 233 g/mol. The first-order valence-corrected chi connectivity index (χ1v) is 5.99. The van der Waals surface area contributed by atoms with Gasteiger partial charge in [0.05, 0.1) is 14.2 Å². The number of nitrogens with two attached hydrogens (primary N) is 1. The summed E-state index contributed by atoms with van der Waals surface area (Å²) in [7, 11) is 3.10. The quantitative estimate of drug-likeness (QED) is 0.880. The molecule has 2 N–H and O–H groups in total. The Morgan fingerprint density at radius 3 is 2.11 bits per heavy atom. The van der Waals surface area contributed by atoms with Crippen LogP contribution < -0.4 is 15.2 Å². The van der Waals surface area contributed by atoms with E-state index in [9.17, 15) is 4.39 Å². The first-order valence-electron chi connectivity index (χ1n) is 5.99. The fraction of sp³-hybridized carbons (Fsp3) is 0.571. The van der Waals surface area contributed by atoms with E-state index in [1.807, 2.05) is 6.92 Å².